The zero-order chi connectivity index (χ0) is 13.5. The Kier molecular flexibility index (Phi) is 6.79. The van der Waals surface area contributed by atoms with Crippen LogP contribution < -0.4 is 5.73 Å². The molecule has 100 valence electrons. The molecule has 0 fully saturated rings. The van der Waals surface area contributed by atoms with Crippen LogP contribution in [0.15, 0.2) is 17.0 Å². The van der Waals surface area contributed by atoms with Crippen molar-refractivity contribution in [3.63, 3.8) is 0 Å². The minimum atomic E-state index is 0.0434. The first kappa shape index (κ1) is 15.6. The normalized spacial score (nSPS) is 10.6. The maximum Gasteiger partial charge on any atom is 0.161 e. The molecule has 0 bridgehead atoms. The highest BCUT2D eigenvalue weighted by Gasteiger charge is 2.13. The molecule has 0 heterocycles. The molecule has 0 saturated heterocycles. The number of carbonyl (C=O) groups is 1. The van der Waals surface area contributed by atoms with E-state index in [-0.39, 0.29) is 5.78 Å². The van der Waals surface area contributed by atoms with Crippen molar-refractivity contribution in [1.82, 2.24) is 0 Å². The minimum absolute atomic E-state index is 0.0434. The molecule has 0 unspecified atom stereocenters. The summed E-state index contributed by atoms with van der Waals surface area (Å²) in [7, 11) is 0. The first-order valence-electron chi connectivity index (χ1n) is 6.22. The number of nitrogen functional groups attached to an aromatic ring is 1. The van der Waals surface area contributed by atoms with Gasteiger partial charge in [0, 0.05) is 21.5 Å². The van der Waals surface area contributed by atoms with E-state index in [0.717, 1.165) is 35.9 Å². The van der Waals surface area contributed by atoms with Crippen LogP contribution in [0, 0.1) is 0 Å². The number of nitrogens with two attached hydrogens (primary N) is 1. The molecule has 0 aromatic heterocycles. The molecule has 2 nitrogen and oxygen atoms in total. The third-order valence-corrected chi connectivity index (χ3v) is 4.48. The molecule has 0 atom stereocenters. The van der Waals surface area contributed by atoms with Gasteiger partial charge in [0.2, 0.25) is 0 Å². The molecule has 0 aliphatic heterocycles. The maximum absolute atomic E-state index is 11.5. The second kappa shape index (κ2) is 7.85. The minimum Gasteiger partial charge on any atom is -0.398 e. The van der Waals surface area contributed by atoms with Crippen molar-refractivity contribution in [3.8, 4) is 0 Å². The van der Waals surface area contributed by atoms with Gasteiger partial charge in [0.1, 0.15) is 0 Å². The Labute approximate surface area is 122 Å². The summed E-state index contributed by atoms with van der Waals surface area (Å²) in [5.41, 5.74) is 8.61. The van der Waals surface area contributed by atoms with Crippen molar-refractivity contribution in [1.29, 1.82) is 0 Å². The summed E-state index contributed by atoms with van der Waals surface area (Å²) in [6.45, 7) is 3.70. The zero-order valence-electron chi connectivity index (χ0n) is 11.0. The molecular formula is C14H20BrNOS. The molecule has 0 spiro atoms. The first-order valence-corrected chi connectivity index (χ1v) is 8.33. The number of Topliss-reactive ketones (excluding diaryl/α,β-unsaturated/α-hetero) is 1. The number of alkyl halides is 1. The molecule has 18 heavy (non-hydrogen) atoms. The third-order valence-electron chi connectivity index (χ3n) is 2.73. The maximum atomic E-state index is 11.5. The molecule has 0 amide bonds. The summed E-state index contributed by atoms with van der Waals surface area (Å²) in [6, 6.07) is 3.89. The largest absolute Gasteiger partial charge is 0.398 e. The van der Waals surface area contributed by atoms with E-state index in [0.29, 0.717) is 11.3 Å². The standard InChI is InChI=1S/C14H20BrNOS/c1-3-5-12-13(18-9-4-8-15)7-6-11(10(2)17)14(12)16/h6-7H,3-5,8-9,16H2,1-2H3. The van der Waals surface area contributed by atoms with E-state index < -0.39 is 0 Å². The highest BCUT2D eigenvalue weighted by molar-refractivity contribution is 9.09. The third kappa shape index (κ3) is 4.02. The van der Waals surface area contributed by atoms with Crippen LogP contribution in [-0.2, 0) is 6.42 Å². The number of hydrogen-bond acceptors (Lipinski definition) is 3. The Bertz CT molecular complexity index is 421. The predicted octanol–water partition coefficient (Wildman–Crippen LogP) is 4.30. The van der Waals surface area contributed by atoms with Gasteiger partial charge in [-0.15, -0.1) is 11.8 Å². The second-order valence-corrected chi connectivity index (χ2v) is 6.13. The molecule has 1 rings (SSSR count). The monoisotopic (exact) mass is 329 g/mol. The highest BCUT2D eigenvalue weighted by atomic mass is 79.9. The van der Waals surface area contributed by atoms with E-state index in [2.05, 4.69) is 22.9 Å². The Morgan fingerprint density at radius 2 is 2.17 bits per heavy atom. The van der Waals surface area contributed by atoms with Gasteiger partial charge in [-0.3, -0.25) is 4.79 Å². The summed E-state index contributed by atoms with van der Waals surface area (Å²) < 4.78 is 0. The number of rotatable bonds is 7. The van der Waals surface area contributed by atoms with Gasteiger partial charge in [-0.2, -0.15) is 0 Å². The lowest BCUT2D eigenvalue weighted by molar-refractivity contribution is 0.101. The molecule has 0 aliphatic carbocycles. The summed E-state index contributed by atoms with van der Waals surface area (Å²) in [6.07, 6.45) is 3.10. The molecule has 2 N–H and O–H groups in total. The lowest BCUT2D eigenvalue weighted by Gasteiger charge is -2.14. The lowest BCUT2D eigenvalue weighted by Crippen LogP contribution is -2.05. The lowest BCUT2D eigenvalue weighted by atomic mass is 10.0. The Balaban J connectivity index is 3.02. The Morgan fingerprint density at radius 1 is 1.44 bits per heavy atom. The van der Waals surface area contributed by atoms with Crippen molar-refractivity contribution in [2.24, 2.45) is 0 Å². The van der Waals surface area contributed by atoms with Crippen molar-refractivity contribution in [2.45, 2.75) is 38.0 Å². The van der Waals surface area contributed by atoms with Crippen molar-refractivity contribution in [2.75, 3.05) is 16.8 Å². The highest BCUT2D eigenvalue weighted by Crippen LogP contribution is 2.31. The van der Waals surface area contributed by atoms with Crippen molar-refractivity contribution >= 4 is 39.2 Å². The van der Waals surface area contributed by atoms with Crippen LogP contribution in [0.4, 0.5) is 5.69 Å². The van der Waals surface area contributed by atoms with E-state index in [1.165, 1.54) is 4.90 Å². The number of ketones is 1. The zero-order valence-corrected chi connectivity index (χ0v) is 13.4. The molecule has 1 aromatic carbocycles. The van der Waals surface area contributed by atoms with E-state index >= 15 is 0 Å². The Morgan fingerprint density at radius 3 is 2.72 bits per heavy atom. The number of halogens is 1. The molecule has 0 saturated carbocycles. The van der Waals surface area contributed by atoms with E-state index in [4.69, 9.17) is 5.73 Å². The Hall–Kier alpha value is -0.480. The average Bonchev–Trinajstić information content (AvgIpc) is 2.33. The van der Waals surface area contributed by atoms with Gasteiger partial charge in [-0.25, -0.2) is 0 Å². The van der Waals surface area contributed by atoms with Crippen LogP contribution in [-0.4, -0.2) is 16.9 Å². The van der Waals surface area contributed by atoms with Crippen LogP contribution in [0.1, 0.15) is 42.6 Å². The fraction of sp³-hybridized carbons (Fsp3) is 0.500. The fourth-order valence-corrected chi connectivity index (χ4v) is 3.54. The SMILES string of the molecule is CCCc1c(SCCCBr)ccc(C(C)=O)c1N. The van der Waals surface area contributed by atoms with Crippen LogP contribution in [0.25, 0.3) is 0 Å². The van der Waals surface area contributed by atoms with Gasteiger partial charge in [0.25, 0.3) is 0 Å². The van der Waals surface area contributed by atoms with Gasteiger partial charge < -0.3 is 5.73 Å². The van der Waals surface area contributed by atoms with Crippen molar-refractivity contribution in [3.05, 3.63) is 23.3 Å². The second-order valence-electron chi connectivity index (χ2n) is 4.20. The van der Waals surface area contributed by atoms with Crippen LogP contribution in [0.2, 0.25) is 0 Å². The quantitative estimate of drug-likeness (QED) is 0.266. The average molecular weight is 330 g/mol. The van der Waals surface area contributed by atoms with Crippen LogP contribution in [0.5, 0.6) is 0 Å². The number of hydrogen-bond donors (Lipinski definition) is 1. The molecular weight excluding hydrogens is 310 g/mol. The van der Waals surface area contributed by atoms with E-state index in [1.54, 1.807) is 6.92 Å². The van der Waals surface area contributed by atoms with Gasteiger partial charge in [0.15, 0.2) is 5.78 Å². The predicted molar refractivity (Wildman–Crippen MR) is 84.0 cm³/mol. The van der Waals surface area contributed by atoms with E-state index in [1.807, 2.05) is 23.9 Å². The molecule has 1 aromatic rings. The van der Waals surface area contributed by atoms with Crippen molar-refractivity contribution < 1.29 is 4.79 Å². The van der Waals surface area contributed by atoms with Gasteiger partial charge in [0.05, 0.1) is 0 Å². The number of carbonyl (C=O) groups excluding carboxylic acids is 1. The first-order chi connectivity index (χ1) is 8.61. The van der Waals surface area contributed by atoms with Crippen LogP contribution in [0.3, 0.4) is 0 Å². The van der Waals surface area contributed by atoms with Gasteiger partial charge >= 0.3 is 0 Å². The molecule has 0 aliphatic rings. The molecule has 0 radical (unpaired) electrons. The van der Waals surface area contributed by atoms with E-state index in [9.17, 15) is 4.79 Å². The fourth-order valence-electron chi connectivity index (χ4n) is 1.83. The topological polar surface area (TPSA) is 43.1 Å². The summed E-state index contributed by atoms with van der Waals surface area (Å²) in [5.74, 6) is 1.11. The van der Waals surface area contributed by atoms with Gasteiger partial charge in [-0.1, -0.05) is 29.3 Å². The summed E-state index contributed by atoms with van der Waals surface area (Å²) in [4.78, 5) is 12.7. The summed E-state index contributed by atoms with van der Waals surface area (Å²) >= 11 is 5.26. The number of benzene rings is 1. The van der Waals surface area contributed by atoms with Gasteiger partial charge in [-0.05, 0) is 43.2 Å². The van der Waals surface area contributed by atoms with Crippen LogP contribution >= 0.6 is 27.7 Å². The number of anilines is 1. The smallest absolute Gasteiger partial charge is 0.161 e. The number of thioether (sulfide) groups is 1. The summed E-state index contributed by atoms with van der Waals surface area (Å²) in [5, 5.41) is 1.02. The molecule has 4 heteroatoms.